The summed E-state index contributed by atoms with van der Waals surface area (Å²) in [4.78, 5) is 27.7. The molecule has 1 aromatic carbocycles. The molecular formula is C24H29F3N4O3. The van der Waals surface area contributed by atoms with Gasteiger partial charge in [-0.25, -0.2) is 4.68 Å². The maximum absolute atomic E-state index is 13.3. The Morgan fingerprint density at radius 1 is 1.12 bits per heavy atom. The molecule has 1 saturated heterocycles. The van der Waals surface area contributed by atoms with Crippen molar-refractivity contribution in [3.8, 4) is 11.4 Å². The van der Waals surface area contributed by atoms with Gasteiger partial charge < -0.3 is 15.0 Å². The van der Waals surface area contributed by atoms with E-state index in [1.807, 2.05) is 0 Å². The highest BCUT2D eigenvalue weighted by molar-refractivity contribution is 5.95. The van der Waals surface area contributed by atoms with Crippen molar-refractivity contribution in [3.05, 3.63) is 41.7 Å². The Kier molecular flexibility index (Phi) is 7.13. The molecule has 2 aliphatic rings. The number of carbonyl (C=O) groups is 2. The minimum Gasteiger partial charge on any atom is -0.493 e. The average molecular weight is 479 g/mol. The molecule has 2 fully saturated rings. The maximum Gasteiger partial charge on any atom is 0.416 e. The van der Waals surface area contributed by atoms with Crippen molar-refractivity contribution in [2.75, 3.05) is 20.2 Å². The largest absolute Gasteiger partial charge is 0.493 e. The first kappa shape index (κ1) is 24.1. The van der Waals surface area contributed by atoms with Crippen LogP contribution in [0.25, 0.3) is 5.69 Å². The Balaban J connectivity index is 1.49. The van der Waals surface area contributed by atoms with Crippen LogP contribution >= 0.6 is 0 Å². The second kappa shape index (κ2) is 10.1. The molecule has 7 nitrogen and oxygen atoms in total. The zero-order valence-corrected chi connectivity index (χ0v) is 19.1. The van der Waals surface area contributed by atoms with Gasteiger partial charge in [-0.1, -0.05) is 25.3 Å². The molecule has 0 bridgehead atoms. The summed E-state index contributed by atoms with van der Waals surface area (Å²) >= 11 is 0. The van der Waals surface area contributed by atoms with Crippen LogP contribution in [0.15, 0.2) is 30.5 Å². The van der Waals surface area contributed by atoms with Crippen LogP contribution in [0.4, 0.5) is 13.2 Å². The van der Waals surface area contributed by atoms with E-state index in [9.17, 15) is 22.8 Å². The van der Waals surface area contributed by atoms with Crippen molar-refractivity contribution in [1.29, 1.82) is 0 Å². The van der Waals surface area contributed by atoms with E-state index in [0.29, 0.717) is 19.4 Å². The van der Waals surface area contributed by atoms with Crippen molar-refractivity contribution in [1.82, 2.24) is 20.0 Å². The number of carbonyl (C=O) groups excluding carboxylic acids is 2. The molecule has 1 N–H and O–H groups in total. The molecule has 4 rings (SSSR count). The number of halogens is 3. The number of nitrogens with zero attached hydrogens (tertiary/aromatic N) is 3. The molecule has 34 heavy (non-hydrogen) atoms. The lowest BCUT2D eigenvalue weighted by Gasteiger charge is -2.33. The smallest absolute Gasteiger partial charge is 0.416 e. The normalized spacial score (nSPS) is 19.6. The molecule has 1 atom stereocenters. The summed E-state index contributed by atoms with van der Waals surface area (Å²) in [6, 6.07) is 4.90. The Bertz CT molecular complexity index is 1030. The Labute approximate surface area is 196 Å². The number of piperidine rings is 1. The van der Waals surface area contributed by atoms with Crippen LogP contribution in [0.1, 0.15) is 61.0 Å². The lowest BCUT2D eigenvalue weighted by molar-refractivity contribution is -0.137. The van der Waals surface area contributed by atoms with Gasteiger partial charge in [0.2, 0.25) is 5.91 Å². The number of alkyl halides is 3. The second-order valence-electron chi connectivity index (χ2n) is 8.97. The van der Waals surface area contributed by atoms with Crippen molar-refractivity contribution in [2.24, 2.45) is 5.92 Å². The minimum absolute atomic E-state index is 0.00764. The molecule has 1 saturated carbocycles. The van der Waals surface area contributed by atoms with Crippen LogP contribution in [-0.2, 0) is 11.0 Å². The maximum atomic E-state index is 13.3. The van der Waals surface area contributed by atoms with Gasteiger partial charge in [0.25, 0.3) is 5.91 Å². The Hall–Kier alpha value is -3.04. The van der Waals surface area contributed by atoms with Crippen LogP contribution in [0.2, 0.25) is 0 Å². The molecule has 2 aromatic rings. The van der Waals surface area contributed by atoms with Crippen molar-refractivity contribution < 1.29 is 27.5 Å². The van der Waals surface area contributed by atoms with Gasteiger partial charge >= 0.3 is 6.18 Å². The molecule has 2 heterocycles. The third-order valence-corrected chi connectivity index (χ3v) is 6.57. The number of hydrogen-bond acceptors (Lipinski definition) is 4. The van der Waals surface area contributed by atoms with Crippen LogP contribution in [0.5, 0.6) is 5.75 Å². The van der Waals surface area contributed by atoms with Crippen LogP contribution in [-0.4, -0.2) is 52.7 Å². The molecule has 2 amide bonds. The molecule has 1 unspecified atom stereocenters. The first-order valence-electron chi connectivity index (χ1n) is 11.7. The van der Waals surface area contributed by atoms with E-state index in [1.54, 1.807) is 4.90 Å². The zero-order chi connectivity index (χ0) is 24.3. The van der Waals surface area contributed by atoms with E-state index < -0.39 is 17.6 Å². The molecule has 1 aromatic heterocycles. The van der Waals surface area contributed by atoms with E-state index in [-0.39, 0.29) is 41.5 Å². The van der Waals surface area contributed by atoms with E-state index >= 15 is 0 Å². The third-order valence-electron chi connectivity index (χ3n) is 6.57. The lowest BCUT2D eigenvalue weighted by Crippen LogP contribution is -2.48. The van der Waals surface area contributed by atoms with Gasteiger partial charge in [0.1, 0.15) is 0 Å². The number of hydrogen-bond donors (Lipinski definition) is 1. The lowest BCUT2D eigenvalue weighted by atomic mass is 9.93. The summed E-state index contributed by atoms with van der Waals surface area (Å²) in [7, 11) is 1.38. The number of amides is 2. The Morgan fingerprint density at radius 3 is 2.59 bits per heavy atom. The van der Waals surface area contributed by atoms with Crippen molar-refractivity contribution in [3.63, 3.8) is 0 Å². The summed E-state index contributed by atoms with van der Waals surface area (Å²) in [6.07, 6.45) is 3.71. The minimum atomic E-state index is -4.49. The number of likely N-dealkylation sites (tertiary alicyclic amines) is 1. The number of nitrogens with one attached hydrogen (secondary N) is 1. The predicted octanol–water partition coefficient (Wildman–Crippen LogP) is 4.20. The highest BCUT2D eigenvalue weighted by Gasteiger charge is 2.33. The Morgan fingerprint density at radius 2 is 1.88 bits per heavy atom. The fourth-order valence-electron chi connectivity index (χ4n) is 4.70. The summed E-state index contributed by atoms with van der Waals surface area (Å²) in [5.41, 5.74) is -0.640. The standard InChI is InChI=1S/C24H29F3N4O3/c1-34-20-15-31(19-11-5-8-17(13-19)24(25,26)27)29-21(20)23(33)30-12-6-7-16(14-30)22(32)28-18-9-3-2-4-10-18/h5,8,11,13,15-16,18H,2-4,6-7,9-10,12,14H2,1H3,(H,28,32). The summed E-state index contributed by atoms with van der Waals surface area (Å²) in [5.74, 6) is -0.559. The van der Waals surface area contributed by atoms with Crippen molar-refractivity contribution >= 4 is 11.8 Å². The van der Waals surface area contributed by atoms with Crippen molar-refractivity contribution in [2.45, 2.75) is 57.2 Å². The van der Waals surface area contributed by atoms with Gasteiger partial charge in [-0.15, -0.1) is 0 Å². The van der Waals surface area contributed by atoms with E-state index in [0.717, 1.165) is 37.8 Å². The van der Waals surface area contributed by atoms with E-state index in [1.165, 1.54) is 36.5 Å². The van der Waals surface area contributed by atoms with Crippen LogP contribution < -0.4 is 10.1 Å². The third kappa shape index (κ3) is 5.37. The topological polar surface area (TPSA) is 76.5 Å². The first-order valence-corrected chi connectivity index (χ1v) is 11.7. The van der Waals surface area contributed by atoms with Gasteiger partial charge in [0.15, 0.2) is 11.4 Å². The average Bonchev–Trinajstić information content (AvgIpc) is 3.28. The molecule has 1 aliphatic heterocycles. The molecule has 0 spiro atoms. The monoisotopic (exact) mass is 478 g/mol. The molecule has 184 valence electrons. The van der Waals surface area contributed by atoms with Crippen LogP contribution in [0.3, 0.4) is 0 Å². The summed E-state index contributed by atoms with van der Waals surface area (Å²) in [5, 5.41) is 7.39. The fraction of sp³-hybridized carbons (Fsp3) is 0.542. The quantitative estimate of drug-likeness (QED) is 0.699. The second-order valence-corrected chi connectivity index (χ2v) is 8.97. The summed E-state index contributed by atoms with van der Waals surface area (Å²) < 4.78 is 45.8. The number of ether oxygens (including phenoxy) is 1. The highest BCUT2D eigenvalue weighted by atomic mass is 19.4. The molecule has 0 radical (unpaired) electrons. The summed E-state index contributed by atoms with van der Waals surface area (Å²) in [6.45, 7) is 0.753. The van der Waals surface area contributed by atoms with E-state index in [4.69, 9.17) is 4.74 Å². The zero-order valence-electron chi connectivity index (χ0n) is 19.1. The van der Waals surface area contributed by atoms with Gasteiger partial charge in [-0.05, 0) is 43.9 Å². The number of methoxy groups -OCH3 is 1. The van der Waals surface area contributed by atoms with Gasteiger partial charge in [-0.2, -0.15) is 18.3 Å². The first-order chi connectivity index (χ1) is 16.3. The number of aromatic nitrogens is 2. The van der Waals surface area contributed by atoms with E-state index in [2.05, 4.69) is 10.4 Å². The van der Waals surface area contributed by atoms with Gasteiger partial charge in [0.05, 0.1) is 30.5 Å². The molecular weight excluding hydrogens is 449 g/mol. The SMILES string of the molecule is COc1cn(-c2cccc(C(F)(F)F)c2)nc1C(=O)N1CCCC(C(=O)NC2CCCCC2)C1. The number of rotatable bonds is 5. The molecule has 1 aliphatic carbocycles. The fourth-order valence-corrected chi connectivity index (χ4v) is 4.70. The molecule has 10 heteroatoms. The van der Waals surface area contributed by atoms with Gasteiger partial charge in [0, 0.05) is 19.1 Å². The highest BCUT2D eigenvalue weighted by Crippen LogP contribution is 2.31. The number of benzene rings is 1. The predicted molar refractivity (Wildman–Crippen MR) is 119 cm³/mol. The van der Waals surface area contributed by atoms with Gasteiger partial charge in [-0.3, -0.25) is 9.59 Å². The van der Waals surface area contributed by atoms with Crippen LogP contribution in [0, 0.1) is 5.92 Å².